The van der Waals surface area contributed by atoms with Crippen molar-refractivity contribution in [1.29, 1.82) is 0 Å². The topological polar surface area (TPSA) is 40.1 Å². The first kappa shape index (κ1) is 9.35. The largest absolute Gasteiger partial charge is 0.772 e. The summed E-state index contributed by atoms with van der Waals surface area (Å²) in [4.78, 5) is 0. The summed E-state index contributed by atoms with van der Waals surface area (Å²) in [6.07, 6.45) is 0. The van der Waals surface area contributed by atoms with Crippen molar-refractivity contribution in [2.24, 2.45) is 0 Å². The number of benzene rings is 1. The lowest BCUT2D eigenvalue weighted by atomic mass is 10.2. The second-order valence-electron chi connectivity index (χ2n) is 2.54. The van der Waals surface area contributed by atoms with Crippen LogP contribution in [0, 0.1) is 12.7 Å². The summed E-state index contributed by atoms with van der Waals surface area (Å²) in [5.74, 6) is -0.717. The van der Waals surface area contributed by atoms with Gasteiger partial charge >= 0.3 is 0 Å². The Morgan fingerprint density at radius 3 is 2.75 bits per heavy atom. The Labute approximate surface area is 72.7 Å². The molecule has 12 heavy (non-hydrogen) atoms. The predicted molar refractivity (Wildman–Crippen MR) is 43.8 cm³/mol. The molecule has 1 unspecified atom stereocenters. The highest BCUT2D eigenvalue weighted by Gasteiger charge is 2.00. The summed E-state index contributed by atoms with van der Waals surface area (Å²) < 4.78 is 33.4. The number of rotatable bonds is 2. The lowest BCUT2D eigenvalue weighted by molar-refractivity contribution is 0.533. The zero-order valence-corrected chi connectivity index (χ0v) is 7.36. The SMILES string of the molecule is Cc1ccc(CS(=O)[O-])c(F)c1. The van der Waals surface area contributed by atoms with E-state index in [9.17, 15) is 13.2 Å². The van der Waals surface area contributed by atoms with Crippen molar-refractivity contribution < 1.29 is 13.2 Å². The highest BCUT2D eigenvalue weighted by atomic mass is 32.2. The minimum Gasteiger partial charge on any atom is -0.772 e. The smallest absolute Gasteiger partial charge is 0.127 e. The molecule has 1 rings (SSSR count). The van der Waals surface area contributed by atoms with Gasteiger partial charge in [-0.05, 0) is 24.1 Å². The van der Waals surface area contributed by atoms with Gasteiger partial charge in [-0.3, -0.25) is 4.21 Å². The molecule has 0 bridgehead atoms. The molecule has 66 valence electrons. The molecule has 0 aliphatic heterocycles. The van der Waals surface area contributed by atoms with Gasteiger partial charge in [-0.2, -0.15) is 0 Å². The van der Waals surface area contributed by atoms with Crippen LogP contribution in [0.25, 0.3) is 0 Å². The van der Waals surface area contributed by atoms with Crippen LogP contribution < -0.4 is 0 Å². The summed E-state index contributed by atoms with van der Waals surface area (Å²) in [5, 5.41) is 0. The second kappa shape index (κ2) is 3.78. The maximum absolute atomic E-state index is 12.9. The van der Waals surface area contributed by atoms with Crippen LogP contribution in [0.1, 0.15) is 11.1 Å². The molecule has 1 aromatic rings. The van der Waals surface area contributed by atoms with E-state index in [1.807, 2.05) is 0 Å². The van der Waals surface area contributed by atoms with E-state index in [4.69, 9.17) is 0 Å². The van der Waals surface area contributed by atoms with Crippen LogP contribution in [0.5, 0.6) is 0 Å². The standard InChI is InChI=1S/C8H9FO2S/c1-6-2-3-7(5-12(10)11)8(9)4-6/h2-4H,5H2,1H3,(H,10,11)/p-1. The van der Waals surface area contributed by atoms with Crippen molar-refractivity contribution >= 4 is 11.1 Å². The highest BCUT2D eigenvalue weighted by molar-refractivity contribution is 7.78. The Morgan fingerprint density at radius 1 is 1.58 bits per heavy atom. The average Bonchev–Trinajstić information content (AvgIpc) is 1.94. The molecule has 1 atom stereocenters. The van der Waals surface area contributed by atoms with Gasteiger partial charge in [-0.1, -0.05) is 23.2 Å². The first-order chi connectivity index (χ1) is 5.59. The first-order valence-corrected chi connectivity index (χ1v) is 4.65. The fourth-order valence-electron chi connectivity index (χ4n) is 0.896. The minimum absolute atomic E-state index is 0.217. The van der Waals surface area contributed by atoms with Gasteiger partial charge in [0.05, 0.1) is 0 Å². The number of aryl methyl sites for hydroxylation is 1. The Hall–Kier alpha value is -0.740. The van der Waals surface area contributed by atoms with Crippen molar-refractivity contribution in [3.05, 3.63) is 35.1 Å². The maximum atomic E-state index is 12.9. The Balaban J connectivity index is 2.93. The molecule has 0 N–H and O–H groups in total. The summed E-state index contributed by atoms with van der Waals surface area (Å²) in [7, 11) is 0. The van der Waals surface area contributed by atoms with Crippen LogP contribution in [0.2, 0.25) is 0 Å². The number of halogens is 1. The predicted octanol–water partition coefficient (Wildman–Crippen LogP) is 1.51. The third-order valence-electron chi connectivity index (χ3n) is 1.48. The zero-order valence-electron chi connectivity index (χ0n) is 6.54. The monoisotopic (exact) mass is 187 g/mol. The Bertz CT molecular complexity index is 312. The van der Waals surface area contributed by atoms with Crippen molar-refractivity contribution in [2.45, 2.75) is 12.7 Å². The molecular weight excluding hydrogens is 179 g/mol. The van der Waals surface area contributed by atoms with E-state index in [-0.39, 0.29) is 11.3 Å². The molecule has 0 heterocycles. The van der Waals surface area contributed by atoms with Gasteiger partial charge in [-0.15, -0.1) is 0 Å². The van der Waals surface area contributed by atoms with Crippen LogP contribution in [-0.4, -0.2) is 8.76 Å². The molecule has 4 heteroatoms. The zero-order chi connectivity index (χ0) is 9.14. The molecule has 0 aliphatic carbocycles. The molecule has 1 aromatic carbocycles. The van der Waals surface area contributed by atoms with Gasteiger partial charge in [0.15, 0.2) is 0 Å². The highest BCUT2D eigenvalue weighted by Crippen LogP contribution is 2.10. The average molecular weight is 187 g/mol. The van der Waals surface area contributed by atoms with E-state index in [2.05, 4.69) is 0 Å². The first-order valence-electron chi connectivity index (χ1n) is 3.40. The van der Waals surface area contributed by atoms with E-state index in [0.717, 1.165) is 5.56 Å². The minimum atomic E-state index is -2.22. The molecule has 0 saturated heterocycles. The van der Waals surface area contributed by atoms with Crippen molar-refractivity contribution in [3.8, 4) is 0 Å². The van der Waals surface area contributed by atoms with Crippen molar-refractivity contribution in [2.75, 3.05) is 0 Å². The molecule has 0 saturated carbocycles. The molecule has 0 aliphatic rings. The van der Waals surface area contributed by atoms with Crippen LogP contribution in [-0.2, 0) is 16.8 Å². The summed E-state index contributed by atoms with van der Waals surface area (Å²) in [6, 6.07) is 4.49. The van der Waals surface area contributed by atoms with Crippen LogP contribution >= 0.6 is 0 Å². The van der Waals surface area contributed by atoms with Gasteiger partial charge in [0.1, 0.15) is 5.82 Å². The van der Waals surface area contributed by atoms with Gasteiger partial charge in [0, 0.05) is 5.75 Å². The van der Waals surface area contributed by atoms with E-state index < -0.39 is 16.9 Å². The third kappa shape index (κ3) is 2.39. The van der Waals surface area contributed by atoms with Gasteiger partial charge in [0.25, 0.3) is 0 Å². The second-order valence-corrected chi connectivity index (χ2v) is 3.44. The van der Waals surface area contributed by atoms with E-state index >= 15 is 0 Å². The summed E-state index contributed by atoms with van der Waals surface area (Å²) >= 11 is -2.22. The normalized spacial score (nSPS) is 12.9. The van der Waals surface area contributed by atoms with Crippen molar-refractivity contribution in [1.82, 2.24) is 0 Å². The molecule has 0 aromatic heterocycles. The molecule has 0 amide bonds. The molecular formula is C8H8FO2S-. The number of hydrogen-bond donors (Lipinski definition) is 0. The molecule has 0 fully saturated rings. The molecule has 0 radical (unpaired) electrons. The lowest BCUT2D eigenvalue weighted by Crippen LogP contribution is -1.96. The van der Waals surface area contributed by atoms with Gasteiger partial charge < -0.3 is 4.55 Å². The quantitative estimate of drug-likeness (QED) is 0.658. The summed E-state index contributed by atoms with van der Waals surface area (Å²) in [5.41, 5.74) is 1.00. The Morgan fingerprint density at radius 2 is 2.25 bits per heavy atom. The fourth-order valence-corrected chi connectivity index (χ4v) is 1.38. The van der Waals surface area contributed by atoms with E-state index in [0.29, 0.717) is 0 Å². The maximum Gasteiger partial charge on any atom is 0.127 e. The molecule has 0 spiro atoms. The third-order valence-corrected chi connectivity index (χ3v) is 2.03. The van der Waals surface area contributed by atoms with E-state index in [1.54, 1.807) is 13.0 Å². The van der Waals surface area contributed by atoms with Gasteiger partial charge in [-0.25, -0.2) is 4.39 Å². The lowest BCUT2D eigenvalue weighted by Gasteiger charge is -2.06. The number of hydrogen-bond acceptors (Lipinski definition) is 2. The Kier molecular flexibility index (Phi) is 2.94. The van der Waals surface area contributed by atoms with Crippen LogP contribution in [0.3, 0.4) is 0 Å². The molecule has 2 nitrogen and oxygen atoms in total. The van der Waals surface area contributed by atoms with Crippen LogP contribution in [0.15, 0.2) is 18.2 Å². The van der Waals surface area contributed by atoms with E-state index in [1.165, 1.54) is 12.1 Å². The van der Waals surface area contributed by atoms with Gasteiger partial charge in [0.2, 0.25) is 0 Å². The summed E-state index contributed by atoms with van der Waals surface area (Å²) in [6.45, 7) is 1.75. The van der Waals surface area contributed by atoms with Crippen LogP contribution in [0.4, 0.5) is 4.39 Å². The fraction of sp³-hybridized carbons (Fsp3) is 0.250. The van der Waals surface area contributed by atoms with Crippen molar-refractivity contribution in [3.63, 3.8) is 0 Å².